The van der Waals surface area contributed by atoms with Crippen LogP contribution in [0.15, 0.2) is 27.7 Å². The van der Waals surface area contributed by atoms with Crippen LogP contribution in [0.5, 0.6) is 0 Å². The molecule has 0 saturated heterocycles. The standard InChI is InChI=1S/C10H10BrNO2S/c1-12-10-6-15(13,14)5-7-2-3-8(11)4-9(7)10/h2-4,10H,1,5-6H2. The fourth-order valence-corrected chi connectivity index (χ4v) is 3.78. The molecule has 1 aromatic rings. The van der Waals surface area contributed by atoms with Crippen molar-refractivity contribution < 1.29 is 8.42 Å². The molecule has 0 aliphatic carbocycles. The van der Waals surface area contributed by atoms with Crippen molar-refractivity contribution in [3.8, 4) is 0 Å². The highest BCUT2D eigenvalue weighted by Crippen LogP contribution is 2.32. The highest BCUT2D eigenvalue weighted by molar-refractivity contribution is 9.10. The lowest BCUT2D eigenvalue weighted by Gasteiger charge is -2.22. The first kappa shape index (κ1) is 10.8. The summed E-state index contributed by atoms with van der Waals surface area (Å²) in [5, 5.41) is 0. The van der Waals surface area contributed by atoms with Crippen LogP contribution in [0.1, 0.15) is 17.2 Å². The maximum absolute atomic E-state index is 11.6. The minimum atomic E-state index is -3.02. The first-order valence-electron chi connectivity index (χ1n) is 4.46. The molecule has 1 aromatic carbocycles. The van der Waals surface area contributed by atoms with Crippen LogP contribution < -0.4 is 0 Å². The van der Waals surface area contributed by atoms with Crippen LogP contribution in [0.2, 0.25) is 0 Å². The molecule has 0 spiro atoms. The Labute approximate surface area is 97.3 Å². The summed E-state index contributed by atoms with van der Waals surface area (Å²) in [5.74, 6) is 0.182. The Kier molecular flexibility index (Phi) is 2.68. The highest BCUT2D eigenvalue weighted by atomic mass is 79.9. The molecule has 0 saturated carbocycles. The zero-order valence-corrected chi connectivity index (χ0v) is 10.4. The largest absolute Gasteiger partial charge is 0.292 e. The first-order chi connectivity index (χ1) is 7.02. The van der Waals surface area contributed by atoms with Crippen LogP contribution in [0, 0.1) is 0 Å². The van der Waals surface area contributed by atoms with Crippen LogP contribution in [-0.4, -0.2) is 20.9 Å². The van der Waals surface area contributed by atoms with Crippen molar-refractivity contribution in [2.45, 2.75) is 11.8 Å². The molecule has 0 bridgehead atoms. The second-order valence-corrected chi connectivity index (χ2v) is 6.62. The van der Waals surface area contributed by atoms with Crippen molar-refractivity contribution in [2.24, 2.45) is 4.99 Å². The third-order valence-electron chi connectivity index (χ3n) is 2.47. The van der Waals surface area contributed by atoms with Gasteiger partial charge in [0.15, 0.2) is 9.84 Å². The molecule has 1 aliphatic heterocycles. The van der Waals surface area contributed by atoms with E-state index in [0.717, 1.165) is 15.6 Å². The third-order valence-corrected chi connectivity index (χ3v) is 4.54. The van der Waals surface area contributed by atoms with E-state index in [1.807, 2.05) is 18.2 Å². The van der Waals surface area contributed by atoms with Crippen LogP contribution in [0.25, 0.3) is 0 Å². The average molecular weight is 288 g/mol. The average Bonchev–Trinajstić information content (AvgIpc) is 2.16. The van der Waals surface area contributed by atoms with E-state index in [1.165, 1.54) is 0 Å². The van der Waals surface area contributed by atoms with Crippen molar-refractivity contribution in [1.29, 1.82) is 0 Å². The molecule has 0 N–H and O–H groups in total. The van der Waals surface area contributed by atoms with E-state index in [4.69, 9.17) is 0 Å². The predicted octanol–water partition coefficient (Wildman–Crippen LogP) is 2.12. The minimum Gasteiger partial charge on any atom is -0.292 e. The van der Waals surface area contributed by atoms with Crippen molar-refractivity contribution in [3.63, 3.8) is 0 Å². The number of sulfone groups is 1. The second-order valence-electron chi connectivity index (χ2n) is 3.60. The SMILES string of the molecule is C=NC1CS(=O)(=O)Cc2ccc(Br)cc21. The molecule has 15 heavy (non-hydrogen) atoms. The van der Waals surface area contributed by atoms with Crippen LogP contribution >= 0.6 is 15.9 Å². The number of hydrogen-bond donors (Lipinski definition) is 0. The topological polar surface area (TPSA) is 46.5 Å². The summed E-state index contributed by atoms with van der Waals surface area (Å²) in [4.78, 5) is 3.88. The summed E-state index contributed by atoms with van der Waals surface area (Å²) >= 11 is 3.36. The van der Waals surface area contributed by atoms with Gasteiger partial charge in [0.1, 0.15) is 0 Å². The highest BCUT2D eigenvalue weighted by Gasteiger charge is 2.28. The summed E-state index contributed by atoms with van der Waals surface area (Å²) in [5.41, 5.74) is 1.80. The maximum Gasteiger partial charge on any atom is 0.156 e. The fraction of sp³-hybridized carbons (Fsp3) is 0.300. The Hall–Kier alpha value is -0.680. The molecule has 80 valence electrons. The molecule has 1 unspecified atom stereocenters. The molecule has 1 atom stereocenters. The van der Waals surface area contributed by atoms with Gasteiger partial charge in [-0.1, -0.05) is 22.0 Å². The van der Waals surface area contributed by atoms with Gasteiger partial charge in [-0.25, -0.2) is 8.42 Å². The smallest absolute Gasteiger partial charge is 0.156 e. The van der Waals surface area contributed by atoms with Crippen molar-refractivity contribution >= 4 is 32.5 Å². The van der Waals surface area contributed by atoms with Crippen molar-refractivity contribution in [1.82, 2.24) is 0 Å². The molecule has 0 radical (unpaired) electrons. The summed E-state index contributed by atoms with van der Waals surface area (Å²) in [6.45, 7) is 3.45. The predicted molar refractivity (Wildman–Crippen MR) is 63.9 cm³/mol. The Balaban J connectivity index is 2.59. The zero-order valence-electron chi connectivity index (χ0n) is 7.98. The lowest BCUT2D eigenvalue weighted by atomic mass is 10.0. The molecule has 1 heterocycles. The van der Waals surface area contributed by atoms with Gasteiger partial charge in [0.2, 0.25) is 0 Å². The Morgan fingerprint density at radius 2 is 2.20 bits per heavy atom. The van der Waals surface area contributed by atoms with Gasteiger partial charge in [-0.3, -0.25) is 4.99 Å². The van der Waals surface area contributed by atoms with Gasteiger partial charge in [-0.15, -0.1) is 0 Å². The van der Waals surface area contributed by atoms with E-state index in [0.29, 0.717) is 0 Å². The summed E-state index contributed by atoms with van der Waals surface area (Å²) < 4.78 is 24.1. The second kappa shape index (κ2) is 3.72. The normalized spacial score (nSPS) is 23.1. The zero-order chi connectivity index (χ0) is 11.1. The molecule has 1 aliphatic rings. The summed E-state index contributed by atoms with van der Waals surface area (Å²) in [6.07, 6.45) is 0. The molecule has 5 heteroatoms. The maximum atomic E-state index is 11.6. The van der Waals surface area contributed by atoms with Crippen LogP contribution in [0.4, 0.5) is 0 Å². The van der Waals surface area contributed by atoms with E-state index in [9.17, 15) is 8.42 Å². The van der Waals surface area contributed by atoms with Crippen molar-refractivity contribution in [2.75, 3.05) is 5.75 Å². The lowest BCUT2D eigenvalue weighted by Crippen LogP contribution is -2.22. The van der Waals surface area contributed by atoms with E-state index in [1.54, 1.807) is 0 Å². The quantitative estimate of drug-likeness (QED) is 0.743. The van der Waals surface area contributed by atoms with E-state index >= 15 is 0 Å². The first-order valence-corrected chi connectivity index (χ1v) is 7.08. The van der Waals surface area contributed by atoms with E-state index < -0.39 is 9.84 Å². The van der Waals surface area contributed by atoms with E-state index in [2.05, 4.69) is 27.6 Å². The fourth-order valence-electron chi connectivity index (χ4n) is 1.78. The Morgan fingerprint density at radius 3 is 2.87 bits per heavy atom. The summed E-state index contributed by atoms with van der Waals surface area (Å²) in [7, 11) is -3.02. The van der Waals surface area contributed by atoms with Crippen LogP contribution in [-0.2, 0) is 15.6 Å². The number of benzene rings is 1. The molecular weight excluding hydrogens is 278 g/mol. The number of rotatable bonds is 1. The Bertz CT molecular complexity index is 510. The number of nitrogens with zero attached hydrogens (tertiary/aromatic N) is 1. The molecule has 0 amide bonds. The molecular formula is C10H10BrNO2S. The van der Waals surface area contributed by atoms with E-state index in [-0.39, 0.29) is 17.5 Å². The molecule has 0 aromatic heterocycles. The van der Waals surface area contributed by atoms with Gasteiger partial charge in [-0.05, 0) is 30.0 Å². The van der Waals surface area contributed by atoms with Gasteiger partial charge >= 0.3 is 0 Å². The number of halogens is 1. The van der Waals surface area contributed by atoms with Crippen LogP contribution in [0.3, 0.4) is 0 Å². The minimum absolute atomic E-state index is 0.0694. The Morgan fingerprint density at radius 1 is 1.47 bits per heavy atom. The number of hydrogen-bond acceptors (Lipinski definition) is 3. The number of aliphatic imine (C=N–C) groups is 1. The third kappa shape index (κ3) is 2.13. The van der Waals surface area contributed by atoms with Gasteiger partial charge in [0.05, 0.1) is 17.5 Å². The van der Waals surface area contributed by atoms with Gasteiger partial charge < -0.3 is 0 Å². The number of fused-ring (bicyclic) bond motifs is 1. The van der Waals surface area contributed by atoms with Gasteiger partial charge in [-0.2, -0.15) is 0 Å². The monoisotopic (exact) mass is 287 g/mol. The molecule has 2 rings (SSSR count). The van der Waals surface area contributed by atoms with Gasteiger partial charge in [0, 0.05) is 4.47 Å². The lowest BCUT2D eigenvalue weighted by molar-refractivity contribution is 0.583. The van der Waals surface area contributed by atoms with Crippen molar-refractivity contribution in [3.05, 3.63) is 33.8 Å². The summed E-state index contributed by atoms with van der Waals surface area (Å²) in [6, 6.07) is 5.27. The molecule has 3 nitrogen and oxygen atoms in total. The van der Waals surface area contributed by atoms with Gasteiger partial charge in [0.25, 0.3) is 0 Å². The molecule has 0 fully saturated rings.